The van der Waals surface area contributed by atoms with Gasteiger partial charge in [0.05, 0.1) is 16.3 Å². The van der Waals surface area contributed by atoms with Gasteiger partial charge >= 0.3 is 5.97 Å². The molecule has 1 aliphatic heterocycles. The standard InChI is InChI=1S/C26H19Cl3N2O4/c1-14(2)18-5-3-4-6-21(18)35-26(34)15-7-10-17(11-8-15)30-23-22(29)24(32)31(25(23)33)20-13-16(27)9-12-19(20)28/h3-14,30H,1-2H3. The summed E-state index contributed by atoms with van der Waals surface area (Å²) < 4.78 is 5.58. The fraction of sp³-hybridized carbons (Fsp3) is 0.115. The van der Waals surface area contributed by atoms with Crippen LogP contribution in [0.1, 0.15) is 35.7 Å². The first kappa shape index (κ1) is 24.8. The van der Waals surface area contributed by atoms with Gasteiger partial charge < -0.3 is 10.1 Å². The van der Waals surface area contributed by atoms with Gasteiger partial charge in [-0.3, -0.25) is 9.59 Å². The van der Waals surface area contributed by atoms with Crippen molar-refractivity contribution >= 4 is 64.0 Å². The molecule has 0 radical (unpaired) electrons. The maximum atomic E-state index is 13.0. The smallest absolute Gasteiger partial charge is 0.343 e. The minimum atomic E-state index is -0.729. The van der Waals surface area contributed by atoms with Crippen molar-refractivity contribution in [1.82, 2.24) is 0 Å². The molecule has 0 saturated heterocycles. The van der Waals surface area contributed by atoms with E-state index in [0.717, 1.165) is 10.5 Å². The van der Waals surface area contributed by atoms with Crippen LogP contribution in [0.15, 0.2) is 77.5 Å². The van der Waals surface area contributed by atoms with E-state index in [1.54, 1.807) is 42.5 Å². The van der Waals surface area contributed by atoms with Crippen molar-refractivity contribution in [3.8, 4) is 5.75 Å². The molecule has 4 rings (SSSR count). The number of amides is 2. The minimum Gasteiger partial charge on any atom is -0.423 e. The maximum absolute atomic E-state index is 13.0. The molecule has 0 aliphatic carbocycles. The van der Waals surface area contributed by atoms with Crippen molar-refractivity contribution in [3.63, 3.8) is 0 Å². The van der Waals surface area contributed by atoms with Gasteiger partial charge in [0.1, 0.15) is 16.5 Å². The van der Waals surface area contributed by atoms with Crippen LogP contribution < -0.4 is 15.0 Å². The number of carbonyl (C=O) groups excluding carboxylic acids is 3. The van der Waals surface area contributed by atoms with Crippen molar-refractivity contribution in [2.45, 2.75) is 19.8 Å². The largest absolute Gasteiger partial charge is 0.423 e. The van der Waals surface area contributed by atoms with Crippen LogP contribution in [0.3, 0.4) is 0 Å². The normalized spacial score (nSPS) is 13.6. The molecule has 0 spiro atoms. The first-order valence-electron chi connectivity index (χ1n) is 10.6. The highest BCUT2D eigenvalue weighted by Crippen LogP contribution is 2.36. The summed E-state index contributed by atoms with van der Waals surface area (Å²) in [4.78, 5) is 39.2. The average Bonchev–Trinajstić information content (AvgIpc) is 3.04. The lowest BCUT2D eigenvalue weighted by molar-refractivity contribution is -0.120. The molecule has 0 aromatic heterocycles. The third-order valence-electron chi connectivity index (χ3n) is 5.31. The predicted molar refractivity (Wildman–Crippen MR) is 137 cm³/mol. The molecule has 1 heterocycles. The number of ether oxygens (including phenoxy) is 1. The monoisotopic (exact) mass is 528 g/mol. The van der Waals surface area contributed by atoms with Gasteiger partial charge in [0.25, 0.3) is 11.8 Å². The summed E-state index contributed by atoms with van der Waals surface area (Å²) in [6, 6.07) is 18.0. The van der Waals surface area contributed by atoms with Crippen LogP contribution in [0.4, 0.5) is 11.4 Å². The van der Waals surface area contributed by atoms with Gasteiger partial charge in [0, 0.05) is 10.7 Å². The zero-order valence-corrected chi connectivity index (χ0v) is 20.9. The number of nitrogens with zero attached hydrogens (tertiary/aromatic N) is 1. The summed E-state index contributed by atoms with van der Waals surface area (Å²) in [6.45, 7) is 4.03. The van der Waals surface area contributed by atoms with E-state index >= 15 is 0 Å². The van der Waals surface area contributed by atoms with E-state index in [9.17, 15) is 14.4 Å². The molecule has 3 aromatic rings. The van der Waals surface area contributed by atoms with Gasteiger partial charge in [0.2, 0.25) is 0 Å². The Bertz CT molecular complexity index is 1370. The fourth-order valence-electron chi connectivity index (χ4n) is 3.53. The van der Waals surface area contributed by atoms with E-state index < -0.39 is 17.8 Å². The van der Waals surface area contributed by atoms with E-state index in [2.05, 4.69) is 5.32 Å². The number of carbonyl (C=O) groups is 3. The molecule has 0 unspecified atom stereocenters. The molecule has 6 nitrogen and oxygen atoms in total. The number of rotatable bonds is 6. The Hall–Kier alpha value is -3.32. The number of halogens is 3. The van der Waals surface area contributed by atoms with Gasteiger partial charge in [-0.05, 0) is 60.0 Å². The third-order valence-corrected chi connectivity index (χ3v) is 6.22. The number of nitrogens with one attached hydrogen (secondary N) is 1. The fourth-order valence-corrected chi connectivity index (χ4v) is 4.11. The second-order valence-electron chi connectivity index (χ2n) is 8.01. The number of anilines is 2. The molecule has 35 heavy (non-hydrogen) atoms. The SMILES string of the molecule is CC(C)c1ccccc1OC(=O)c1ccc(NC2=C(Cl)C(=O)N(c3cc(Cl)ccc3Cl)C2=O)cc1. The molecule has 0 saturated carbocycles. The topological polar surface area (TPSA) is 75.7 Å². The maximum Gasteiger partial charge on any atom is 0.343 e. The Kier molecular flexibility index (Phi) is 7.17. The molecular formula is C26H19Cl3N2O4. The Labute approximate surface area is 217 Å². The van der Waals surface area contributed by atoms with E-state index in [4.69, 9.17) is 39.5 Å². The highest BCUT2D eigenvalue weighted by Gasteiger charge is 2.40. The third kappa shape index (κ3) is 5.05. The lowest BCUT2D eigenvalue weighted by Gasteiger charge is -2.17. The first-order valence-corrected chi connectivity index (χ1v) is 11.7. The van der Waals surface area contributed by atoms with Gasteiger partial charge in [-0.15, -0.1) is 0 Å². The Morgan fingerprint density at radius 1 is 0.914 bits per heavy atom. The van der Waals surface area contributed by atoms with Crippen LogP contribution in [0, 0.1) is 0 Å². The van der Waals surface area contributed by atoms with E-state index in [1.165, 1.54) is 12.1 Å². The van der Waals surface area contributed by atoms with Crippen molar-refractivity contribution in [3.05, 3.63) is 98.6 Å². The van der Waals surface area contributed by atoms with E-state index in [-0.39, 0.29) is 27.4 Å². The van der Waals surface area contributed by atoms with Gasteiger partial charge in [-0.1, -0.05) is 66.8 Å². The molecule has 0 fully saturated rings. The zero-order valence-electron chi connectivity index (χ0n) is 18.6. The lowest BCUT2D eigenvalue weighted by Crippen LogP contribution is -2.32. The van der Waals surface area contributed by atoms with Crippen molar-refractivity contribution in [1.29, 1.82) is 0 Å². The van der Waals surface area contributed by atoms with Crippen molar-refractivity contribution in [2.75, 3.05) is 10.2 Å². The second-order valence-corrected chi connectivity index (χ2v) is 9.24. The molecule has 0 atom stereocenters. The summed E-state index contributed by atoms with van der Waals surface area (Å²) in [5, 5.41) is 3.04. The van der Waals surface area contributed by atoms with Gasteiger partial charge in [-0.25, -0.2) is 9.69 Å². The molecular weight excluding hydrogens is 511 g/mol. The molecule has 1 aliphatic rings. The summed E-state index contributed by atoms with van der Waals surface area (Å²) >= 11 is 18.3. The number of esters is 1. The van der Waals surface area contributed by atoms with Crippen LogP contribution in [0.25, 0.3) is 0 Å². The number of hydrogen-bond acceptors (Lipinski definition) is 5. The number of benzene rings is 3. The molecule has 1 N–H and O–H groups in total. The van der Waals surface area contributed by atoms with Crippen LogP contribution in [0.5, 0.6) is 5.75 Å². The quantitative estimate of drug-likeness (QED) is 0.217. The first-order chi connectivity index (χ1) is 16.7. The minimum absolute atomic E-state index is 0.117. The van der Waals surface area contributed by atoms with Crippen LogP contribution >= 0.6 is 34.8 Å². The highest BCUT2D eigenvalue weighted by molar-refractivity contribution is 6.54. The lowest BCUT2D eigenvalue weighted by atomic mass is 10.0. The second kappa shape index (κ2) is 10.1. The number of hydrogen-bond donors (Lipinski definition) is 1. The summed E-state index contributed by atoms with van der Waals surface area (Å²) in [7, 11) is 0. The van der Waals surface area contributed by atoms with Crippen molar-refractivity contribution < 1.29 is 19.1 Å². The average molecular weight is 530 g/mol. The van der Waals surface area contributed by atoms with Crippen LogP contribution in [-0.4, -0.2) is 17.8 Å². The molecule has 9 heteroatoms. The molecule has 0 bridgehead atoms. The summed E-state index contributed by atoms with van der Waals surface area (Å²) in [6.07, 6.45) is 0. The Morgan fingerprint density at radius 2 is 1.60 bits per heavy atom. The van der Waals surface area contributed by atoms with Crippen LogP contribution in [-0.2, 0) is 9.59 Å². The number of imide groups is 1. The van der Waals surface area contributed by atoms with Crippen molar-refractivity contribution in [2.24, 2.45) is 0 Å². The predicted octanol–water partition coefficient (Wildman–Crippen LogP) is 6.77. The molecule has 2 amide bonds. The van der Waals surface area contributed by atoms with E-state index in [1.807, 2.05) is 26.0 Å². The summed E-state index contributed by atoms with van der Waals surface area (Å²) in [5.74, 6) is -1.24. The zero-order chi connectivity index (χ0) is 25.3. The van der Waals surface area contributed by atoms with E-state index in [0.29, 0.717) is 22.0 Å². The van der Waals surface area contributed by atoms with Gasteiger partial charge in [0.15, 0.2) is 0 Å². The molecule has 3 aromatic carbocycles. The van der Waals surface area contributed by atoms with Crippen LogP contribution in [0.2, 0.25) is 10.0 Å². The number of para-hydroxylation sites is 1. The highest BCUT2D eigenvalue weighted by atomic mass is 35.5. The summed E-state index contributed by atoms with van der Waals surface area (Å²) in [5.41, 5.74) is 1.69. The van der Waals surface area contributed by atoms with Gasteiger partial charge in [-0.2, -0.15) is 0 Å². The Morgan fingerprint density at radius 3 is 2.29 bits per heavy atom. The Balaban J connectivity index is 1.51. The molecule has 178 valence electrons.